The molecule has 0 bridgehead atoms. The third-order valence-corrected chi connectivity index (χ3v) is 4.04. The SMILES string of the molecule is CCC(CC)N(CC(C)C)c1ccc([C@H](N)CC)cc1. The zero-order valence-electron chi connectivity index (χ0n) is 13.9. The summed E-state index contributed by atoms with van der Waals surface area (Å²) in [6.45, 7) is 12.4. The molecule has 0 amide bonds. The van der Waals surface area contributed by atoms with Crippen LogP contribution in [0.1, 0.15) is 65.5 Å². The molecule has 0 aliphatic rings. The maximum Gasteiger partial charge on any atom is 0.0368 e. The number of nitrogens with two attached hydrogens (primary N) is 1. The van der Waals surface area contributed by atoms with Gasteiger partial charge in [0.15, 0.2) is 0 Å². The van der Waals surface area contributed by atoms with Crippen LogP contribution >= 0.6 is 0 Å². The van der Waals surface area contributed by atoms with Gasteiger partial charge < -0.3 is 10.6 Å². The van der Waals surface area contributed by atoms with Crippen LogP contribution in [0, 0.1) is 5.92 Å². The molecule has 0 saturated carbocycles. The second-order valence-corrected chi connectivity index (χ2v) is 6.12. The minimum Gasteiger partial charge on any atom is -0.368 e. The van der Waals surface area contributed by atoms with Crippen molar-refractivity contribution in [2.45, 2.75) is 66.0 Å². The molecule has 2 N–H and O–H groups in total. The lowest BCUT2D eigenvalue weighted by Gasteiger charge is -2.34. The van der Waals surface area contributed by atoms with Gasteiger partial charge in [0.1, 0.15) is 0 Å². The molecule has 0 unspecified atom stereocenters. The van der Waals surface area contributed by atoms with E-state index in [2.05, 4.69) is 63.8 Å². The van der Waals surface area contributed by atoms with Gasteiger partial charge in [-0.2, -0.15) is 0 Å². The van der Waals surface area contributed by atoms with Crippen LogP contribution in [0.5, 0.6) is 0 Å². The molecule has 1 rings (SSSR count). The number of nitrogens with zero attached hydrogens (tertiary/aromatic N) is 1. The quantitative estimate of drug-likeness (QED) is 0.742. The van der Waals surface area contributed by atoms with Crippen molar-refractivity contribution in [3.8, 4) is 0 Å². The summed E-state index contributed by atoms with van der Waals surface area (Å²) < 4.78 is 0. The molecule has 0 saturated heterocycles. The topological polar surface area (TPSA) is 29.3 Å². The highest BCUT2D eigenvalue weighted by Gasteiger charge is 2.17. The van der Waals surface area contributed by atoms with E-state index >= 15 is 0 Å². The summed E-state index contributed by atoms with van der Waals surface area (Å²) >= 11 is 0. The van der Waals surface area contributed by atoms with Gasteiger partial charge >= 0.3 is 0 Å². The van der Waals surface area contributed by atoms with Crippen LogP contribution in [0.2, 0.25) is 0 Å². The first-order valence-electron chi connectivity index (χ1n) is 8.15. The summed E-state index contributed by atoms with van der Waals surface area (Å²) in [4.78, 5) is 2.56. The first kappa shape index (κ1) is 17.0. The average molecular weight is 276 g/mol. The lowest BCUT2D eigenvalue weighted by atomic mass is 10.0. The number of hydrogen-bond acceptors (Lipinski definition) is 2. The highest BCUT2D eigenvalue weighted by atomic mass is 15.2. The molecule has 0 radical (unpaired) electrons. The van der Waals surface area contributed by atoms with Gasteiger partial charge in [-0.15, -0.1) is 0 Å². The van der Waals surface area contributed by atoms with Crippen molar-refractivity contribution < 1.29 is 0 Å². The Labute approximate surface area is 125 Å². The summed E-state index contributed by atoms with van der Waals surface area (Å²) in [5, 5.41) is 0. The zero-order chi connectivity index (χ0) is 15.1. The summed E-state index contributed by atoms with van der Waals surface area (Å²) in [7, 11) is 0. The van der Waals surface area contributed by atoms with E-state index in [-0.39, 0.29) is 6.04 Å². The summed E-state index contributed by atoms with van der Waals surface area (Å²) in [5.41, 5.74) is 8.67. The highest BCUT2D eigenvalue weighted by Crippen LogP contribution is 2.24. The maximum atomic E-state index is 6.10. The van der Waals surface area contributed by atoms with E-state index < -0.39 is 0 Å². The van der Waals surface area contributed by atoms with Gasteiger partial charge in [-0.25, -0.2) is 0 Å². The molecular formula is C18H32N2. The molecule has 20 heavy (non-hydrogen) atoms. The fraction of sp³-hybridized carbons (Fsp3) is 0.667. The van der Waals surface area contributed by atoms with Gasteiger partial charge in [-0.05, 0) is 42.9 Å². The third kappa shape index (κ3) is 4.52. The third-order valence-electron chi connectivity index (χ3n) is 4.04. The molecule has 2 nitrogen and oxygen atoms in total. The van der Waals surface area contributed by atoms with Crippen molar-refractivity contribution in [3.05, 3.63) is 29.8 Å². The van der Waals surface area contributed by atoms with E-state index in [1.54, 1.807) is 0 Å². The van der Waals surface area contributed by atoms with Gasteiger partial charge in [-0.3, -0.25) is 0 Å². The first-order chi connectivity index (χ1) is 9.53. The van der Waals surface area contributed by atoms with Crippen LogP contribution in [0.4, 0.5) is 5.69 Å². The smallest absolute Gasteiger partial charge is 0.0368 e. The molecule has 114 valence electrons. The number of benzene rings is 1. The molecule has 1 atom stereocenters. The van der Waals surface area contributed by atoms with Gasteiger partial charge in [-0.1, -0.05) is 46.8 Å². The molecule has 0 aliphatic heterocycles. The lowest BCUT2D eigenvalue weighted by molar-refractivity contribution is 0.507. The van der Waals surface area contributed by atoms with Crippen molar-refractivity contribution in [2.24, 2.45) is 11.7 Å². The Morgan fingerprint density at radius 2 is 1.50 bits per heavy atom. The van der Waals surface area contributed by atoms with Crippen molar-refractivity contribution >= 4 is 5.69 Å². The minimum absolute atomic E-state index is 0.163. The number of rotatable bonds is 8. The van der Waals surface area contributed by atoms with E-state index in [1.807, 2.05) is 0 Å². The van der Waals surface area contributed by atoms with Crippen molar-refractivity contribution in [1.82, 2.24) is 0 Å². The van der Waals surface area contributed by atoms with E-state index in [0.29, 0.717) is 12.0 Å². The van der Waals surface area contributed by atoms with Crippen LogP contribution in [0.15, 0.2) is 24.3 Å². The summed E-state index contributed by atoms with van der Waals surface area (Å²) in [6, 6.07) is 9.66. The van der Waals surface area contributed by atoms with Gasteiger partial charge in [0, 0.05) is 24.3 Å². The maximum absolute atomic E-state index is 6.10. The molecule has 0 aliphatic carbocycles. The predicted octanol–water partition coefficient (Wildman–Crippen LogP) is 4.75. The van der Waals surface area contributed by atoms with Crippen LogP contribution in [-0.2, 0) is 0 Å². The molecule has 2 heteroatoms. The standard InChI is InChI=1S/C18H32N2/c1-6-16(7-2)20(13-14(4)5)17-11-9-15(10-12-17)18(19)8-3/h9-12,14,16,18H,6-8,13,19H2,1-5H3/t18-/m1/s1. The van der Waals surface area contributed by atoms with Gasteiger partial charge in [0.05, 0.1) is 0 Å². The van der Waals surface area contributed by atoms with Crippen LogP contribution in [0.25, 0.3) is 0 Å². The van der Waals surface area contributed by atoms with E-state index in [9.17, 15) is 0 Å². The molecule has 0 aromatic heterocycles. The Bertz CT molecular complexity index is 366. The van der Waals surface area contributed by atoms with E-state index in [1.165, 1.54) is 24.1 Å². The fourth-order valence-electron chi connectivity index (χ4n) is 2.74. The second-order valence-electron chi connectivity index (χ2n) is 6.12. The highest BCUT2D eigenvalue weighted by molar-refractivity contribution is 5.49. The van der Waals surface area contributed by atoms with E-state index in [4.69, 9.17) is 5.73 Å². The molecule has 0 fully saturated rings. The molecule has 1 aromatic rings. The Morgan fingerprint density at radius 3 is 1.90 bits per heavy atom. The van der Waals surface area contributed by atoms with Crippen molar-refractivity contribution in [1.29, 1.82) is 0 Å². The minimum atomic E-state index is 0.163. The second kappa shape index (κ2) is 8.31. The Hall–Kier alpha value is -1.02. The van der Waals surface area contributed by atoms with Crippen molar-refractivity contribution in [2.75, 3.05) is 11.4 Å². The molecular weight excluding hydrogens is 244 g/mol. The van der Waals surface area contributed by atoms with Crippen molar-refractivity contribution in [3.63, 3.8) is 0 Å². The molecule has 0 spiro atoms. The number of hydrogen-bond donors (Lipinski definition) is 1. The molecule has 1 aromatic carbocycles. The molecule has 0 heterocycles. The monoisotopic (exact) mass is 276 g/mol. The van der Waals surface area contributed by atoms with Gasteiger partial charge in [0.25, 0.3) is 0 Å². The Balaban J connectivity index is 2.95. The predicted molar refractivity (Wildman–Crippen MR) is 90.2 cm³/mol. The van der Waals surface area contributed by atoms with Crippen LogP contribution in [0.3, 0.4) is 0 Å². The lowest BCUT2D eigenvalue weighted by Crippen LogP contribution is -2.37. The Kier molecular flexibility index (Phi) is 7.08. The largest absolute Gasteiger partial charge is 0.368 e. The normalized spacial score (nSPS) is 13.0. The zero-order valence-corrected chi connectivity index (χ0v) is 13.9. The summed E-state index contributed by atoms with van der Waals surface area (Å²) in [5.74, 6) is 0.674. The van der Waals surface area contributed by atoms with Crippen LogP contribution < -0.4 is 10.6 Å². The van der Waals surface area contributed by atoms with E-state index in [0.717, 1.165) is 13.0 Å². The first-order valence-corrected chi connectivity index (χ1v) is 8.15. The fourth-order valence-corrected chi connectivity index (χ4v) is 2.74. The summed E-state index contributed by atoms with van der Waals surface area (Å²) in [6.07, 6.45) is 3.38. The average Bonchev–Trinajstić information content (AvgIpc) is 2.46. The number of anilines is 1. The Morgan fingerprint density at radius 1 is 0.950 bits per heavy atom. The van der Waals surface area contributed by atoms with Crippen LogP contribution in [-0.4, -0.2) is 12.6 Å². The van der Waals surface area contributed by atoms with Gasteiger partial charge in [0.2, 0.25) is 0 Å².